The molecule has 0 aromatic heterocycles. The highest BCUT2D eigenvalue weighted by molar-refractivity contribution is 6.11. The molecule has 0 unspecified atom stereocenters. The number of alkyl halides is 3. The number of carbonyl (C=O) groups excluding carboxylic acids is 1. The molecule has 0 atom stereocenters. The maximum atomic E-state index is 12.7. The summed E-state index contributed by atoms with van der Waals surface area (Å²) in [5.74, 6) is -1.84. The molecule has 0 aliphatic heterocycles. The van der Waals surface area contributed by atoms with Gasteiger partial charge in [0.15, 0.2) is 0 Å². The maximum absolute atomic E-state index is 12.7. The van der Waals surface area contributed by atoms with E-state index < -0.39 is 12.0 Å². The fourth-order valence-electron chi connectivity index (χ4n) is 2.00. The summed E-state index contributed by atoms with van der Waals surface area (Å²) in [7, 11) is 1.37. The molecule has 0 aliphatic carbocycles. The molecule has 0 N–H and O–H groups in total. The first-order chi connectivity index (χ1) is 8.95. The largest absolute Gasteiger partial charge is 0.454 e. The average molecular weight is 268 g/mol. The Labute approximate surface area is 107 Å². The molecule has 2 aromatic rings. The molecule has 2 rings (SSSR count). The van der Waals surface area contributed by atoms with Gasteiger partial charge in [0.05, 0.1) is 6.61 Å². The maximum Gasteiger partial charge on any atom is 0.454 e. The van der Waals surface area contributed by atoms with Gasteiger partial charge in [-0.3, -0.25) is 4.79 Å². The van der Waals surface area contributed by atoms with Crippen molar-refractivity contribution in [1.29, 1.82) is 0 Å². The van der Waals surface area contributed by atoms with Crippen LogP contribution in [0.4, 0.5) is 13.2 Å². The van der Waals surface area contributed by atoms with Crippen molar-refractivity contribution < 1.29 is 22.7 Å². The number of carbonyl (C=O) groups is 1. The van der Waals surface area contributed by atoms with Crippen molar-refractivity contribution in [2.75, 3.05) is 7.11 Å². The topological polar surface area (TPSA) is 26.3 Å². The Bertz CT molecular complexity index is 618. The van der Waals surface area contributed by atoms with Gasteiger partial charge in [-0.2, -0.15) is 13.2 Å². The molecule has 19 heavy (non-hydrogen) atoms. The number of halogens is 3. The molecule has 0 saturated carbocycles. The monoisotopic (exact) mass is 268 g/mol. The molecule has 0 bridgehead atoms. The van der Waals surface area contributed by atoms with E-state index in [1.807, 2.05) is 0 Å². The minimum absolute atomic E-state index is 0.0397. The number of ether oxygens (including phenoxy) is 1. The van der Waals surface area contributed by atoms with E-state index in [9.17, 15) is 18.0 Å². The molecule has 0 saturated heterocycles. The molecule has 0 aliphatic rings. The summed E-state index contributed by atoms with van der Waals surface area (Å²) in [4.78, 5) is 11.6. The number of benzene rings is 2. The van der Waals surface area contributed by atoms with Crippen LogP contribution in [0, 0.1) is 0 Å². The lowest BCUT2D eigenvalue weighted by Crippen LogP contribution is -2.24. The number of hydrogen-bond acceptors (Lipinski definition) is 2. The lowest BCUT2D eigenvalue weighted by Gasteiger charge is -2.13. The lowest BCUT2D eigenvalue weighted by atomic mass is 9.96. The summed E-state index contributed by atoms with van der Waals surface area (Å²) in [5, 5.41) is 0.884. The second-order valence-corrected chi connectivity index (χ2v) is 4.08. The predicted molar refractivity (Wildman–Crippen MR) is 65.0 cm³/mol. The first-order valence-corrected chi connectivity index (χ1v) is 5.56. The molecule has 2 aromatic carbocycles. The van der Waals surface area contributed by atoms with Gasteiger partial charge >= 0.3 is 6.18 Å². The highest BCUT2D eigenvalue weighted by Gasteiger charge is 2.41. The van der Waals surface area contributed by atoms with Gasteiger partial charge in [-0.25, -0.2) is 0 Å². The van der Waals surface area contributed by atoms with E-state index in [0.29, 0.717) is 10.8 Å². The lowest BCUT2D eigenvalue weighted by molar-refractivity contribution is -0.0885. The summed E-state index contributed by atoms with van der Waals surface area (Å²) < 4.78 is 42.9. The van der Waals surface area contributed by atoms with Crippen LogP contribution in [0.25, 0.3) is 10.8 Å². The zero-order valence-electron chi connectivity index (χ0n) is 10.1. The van der Waals surface area contributed by atoms with Gasteiger partial charge < -0.3 is 4.74 Å². The van der Waals surface area contributed by atoms with Crippen LogP contribution in [0.3, 0.4) is 0 Å². The Hall–Kier alpha value is -1.88. The molecule has 0 radical (unpaired) electrons. The zero-order chi connectivity index (χ0) is 14.0. The van der Waals surface area contributed by atoms with Crippen LogP contribution in [-0.4, -0.2) is 19.1 Å². The summed E-state index contributed by atoms with van der Waals surface area (Å²) >= 11 is 0. The molecule has 0 heterocycles. The normalized spacial score (nSPS) is 11.8. The van der Waals surface area contributed by atoms with Crippen LogP contribution < -0.4 is 0 Å². The SMILES string of the molecule is COCc1ccc2ccccc2c1C(=O)C(F)(F)F. The number of hydrogen-bond donors (Lipinski definition) is 0. The fraction of sp³-hybridized carbons (Fsp3) is 0.214. The van der Waals surface area contributed by atoms with E-state index in [4.69, 9.17) is 4.74 Å². The number of Topliss-reactive ketones (excluding diaryl/α,β-unsaturated/α-hetero) is 1. The Morgan fingerprint density at radius 1 is 1.16 bits per heavy atom. The first kappa shape index (κ1) is 13.5. The summed E-state index contributed by atoms with van der Waals surface area (Å²) in [6, 6.07) is 9.65. The Balaban J connectivity index is 2.72. The number of rotatable bonds is 3. The highest BCUT2D eigenvalue weighted by Crippen LogP contribution is 2.30. The molecule has 5 heteroatoms. The first-order valence-electron chi connectivity index (χ1n) is 5.56. The third-order valence-corrected chi connectivity index (χ3v) is 2.80. The standard InChI is InChI=1S/C14H11F3O2/c1-19-8-10-7-6-9-4-2-3-5-11(9)12(10)13(18)14(15,16)17/h2-7H,8H2,1H3. The van der Waals surface area contributed by atoms with Gasteiger partial charge in [-0.05, 0) is 16.3 Å². The van der Waals surface area contributed by atoms with Gasteiger partial charge in [0.1, 0.15) is 0 Å². The van der Waals surface area contributed by atoms with Crippen LogP contribution in [0.5, 0.6) is 0 Å². The third-order valence-electron chi connectivity index (χ3n) is 2.80. The van der Waals surface area contributed by atoms with Crippen LogP contribution in [0.1, 0.15) is 15.9 Å². The van der Waals surface area contributed by atoms with Gasteiger partial charge in [-0.1, -0.05) is 36.4 Å². The predicted octanol–water partition coefficient (Wildman–Crippen LogP) is 3.73. The second kappa shape index (κ2) is 5.01. The van der Waals surface area contributed by atoms with Crippen LogP contribution in [0.15, 0.2) is 36.4 Å². The fourth-order valence-corrected chi connectivity index (χ4v) is 2.00. The molecular formula is C14H11F3O2. The Morgan fingerprint density at radius 3 is 2.47 bits per heavy atom. The molecule has 2 nitrogen and oxygen atoms in total. The van der Waals surface area contributed by atoms with E-state index in [-0.39, 0.29) is 17.7 Å². The van der Waals surface area contributed by atoms with E-state index in [0.717, 1.165) is 0 Å². The molecule has 0 fully saturated rings. The van der Waals surface area contributed by atoms with Crippen LogP contribution in [0.2, 0.25) is 0 Å². The zero-order valence-corrected chi connectivity index (χ0v) is 10.1. The van der Waals surface area contributed by atoms with E-state index in [2.05, 4.69) is 0 Å². The van der Waals surface area contributed by atoms with Crippen molar-refractivity contribution in [3.63, 3.8) is 0 Å². The van der Waals surface area contributed by atoms with Crippen molar-refractivity contribution >= 4 is 16.6 Å². The number of ketones is 1. The quantitative estimate of drug-likeness (QED) is 0.793. The smallest absolute Gasteiger partial charge is 0.380 e. The van der Waals surface area contributed by atoms with Crippen molar-refractivity contribution in [1.82, 2.24) is 0 Å². The van der Waals surface area contributed by atoms with E-state index in [1.54, 1.807) is 24.3 Å². The molecular weight excluding hydrogens is 257 g/mol. The van der Waals surface area contributed by atoms with Crippen LogP contribution in [-0.2, 0) is 11.3 Å². The Kier molecular flexibility index (Phi) is 3.57. The van der Waals surface area contributed by atoms with Crippen molar-refractivity contribution in [2.24, 2.45) is 0 Å². The summed E-state index contributed by atoms with van der Waals surface area (Å²) in [5.41, 5.74) is -0.0871. The van der Waals surface area contributed by atoms with Crippen LogP contribution >= 0.6 is 0 Å². The second-order valence-electron chi connectivity index (χ2n) is 4.08. The van der Waals surface area contributed by atoms with Gasteiger partial charge in [0.2, 0.25) is 0 Å². The number of methoxy groups -OCH3 is 1. The van der Waals surface area contributed by atoms with E-state index in [1.165, 1.54) is 19.2 Å². The number of fused-ring (bicyclic) bond motifs is 1. The Morgan fingerprint density at radius 2 is 1.84 bits per heavy atom. The summed E-state index contributed by atoms with van der Waals surface area (Å²) in [6.07, 6.45) is -4.90. The minimum Gasteiger partial charge on any atom is -0.380 e. The van der Waals surface area contributed by atoms with Crippen molar-refractivity contribution in [2.45, 2.75) is 12.8 Å². The van der Waals surface area contributed by atoms with Gasteiger partial charge in [-0.15, -0.1) is 0 Å². The van der Waals surface area contributed by atoms with E-state index >= 15 is 0 Å². The van der Waals surface area contributed by atoms with Gasteiger partial charge in [0, 0.05) is 12.7 Å². The van der Waals surface area contributed by atoms with Crippen molar-refractivity contribution in [3.8, 4) is 0 Å². The third kappa shape index (κ3) is 2.61. The molecule has 0 spiro atoms. The summed E-state index contributed by atoms with van der Waals surface area (Å²) in [6.45, 7) is -0.0397. The molecule has 100 valence electrons. The van der Waals surface area contributed by atoms with Gasteiger partial charge in [0.25, 0.3) is 5.78 Å². The average Bonchev–Trinajstić information content (AvgIpc) is 2.37. The van der Waals surface area contributed by atoms with Crippen molar-refractivity contribution in [3.05, 3.63) is 47.5 Å². The minimum atomic E-state index is -4.90. The molecule has 0 amide bonds. The highest BCUT2D eigenvalue weighted by atomic mass is 19.4.